The van der Waals surface area contributed by atoms with Crippen molar-refractivity contribution in [1.29, 1.82) is 0 Å². The minimum absolute atomic E-state index is 0.0567. The van der Waals surface area contributed by atoms with Gasteiger partial charge in [0.2, 0.25) is 5.91 Å². The number of hydrogen-bond donors (Lipinski definition) is 3. The van der Waals surface area contributed by atoms with Crippen LogP contribution in [0.3, 0.4) is 0 Å². The highest BCUT2D eigenvalue weighted by Crippen LogP contribution is 2.30. The first-order valence-electron chi connectivity index (χ1n) is 14.1. The van der Waals surface area contributed by atoms with Gasteiger partial charge in [-0.3, -0.25) is 24.5 Å². The van der Waals surface area contributed by atoms with E-state index in [0.29, 0.717) is 32.5 Å². The van der Waals surface area contributed by atoms with Gasteiger partial charge in [0.05, 0.1) is 15.9 Å². The first kappa shape index (κ1) is 32.7. The Hall–Kier alpha value is -5.66. The molecule has 10 nitrogen and oxygen atoms in total. The summed E-state index contributed by atoms with van der Waals surface area (Å²) in [6, 6.07) is 27.1. The molecule has 1 unspecified atom stereocenters. The molecule has 1 aromatic heterocycles. The average Bonchev–Trinajstić information content (AvgIpc) is 3.54. The van der Waals surface area contributed by atoms with Gasteiger partial charge in [-0.1, -0.05) is 54.6 Å². The molecule has 47 heavy (non-hydrogen) atoms. The van der Waals surface area contributed by atoms with Crippen molar-refractivity contribution in [1.82, 2.24) is 10.3 Å². The molecule has 236 valence electrons. The fourth-order valence-electron chi connectivity index (χ4n) is 4.24. The molecule has 0 aliphatic rings. The number of rotatable bonds is 11. The van der Waals surface area contributed by atoms with Crippen LogP contribution >= 0.6 is 23.1 Å². The molecule has 1 heterocycles. The van der Waals surface area contributed by atoms with Gasteiger partial charge < -0.3 is 16.0 Å². The minimum Gasteiger partial charge on any atom is -0.321 e. The van der Waals surface area contributed by atoms with E-state index in [1.807, 2.05) is 0 Å². The summed E-state index contributed by atoms with van der Waals surface area (Å²) < 4.78 is 14.4. The molecule has 13 heteroatoms. The van der Waals surface area contributed by atoms with Crippen LogP contribution in [0.1, 0.15) is 22.8 Å². The maximum absolute atomic E-state index is 14.4. The zero-order valence-electron chi connectivity index (χ0n) is 24.7. The number of aromatic nitrogens is 1. The lowest BCUT2D eigenvalue weighted by molar-refractivity contribution is -0.384. The van der Waals surface area contributed by atoms with Crippen LogP contribution in [0.4, 0.5) is 20.9 Å². The molecule has 0 aliphatic carbocycles. The van der Waals surface area contributed by atoms with E-state index in [2.05, 4.69) is 20.9 Å². The number of benzene rings is 4. The molecule has 0 fully saturated rings. The molecule has 3 amide bonds. The van der Waals surface area contributed by atoms with E-state index in [1.54, 1.807) is 85.1 Å². The SMILES string of the molecule is CC(Sc1cccc(NC(=O)/C(=C/c2ccccc2F)NC(=O)c2ccccc2)c1)C(=O)Nc1nc(-c2cccc([N+](=O)[O-])c2)cs1. The van der Waals surface area contributed by atoms with Crippen molar-refractivity contribution in [3.05, 3.63) is 141 Å². The summed E-state index contributed by atoms with van der Waals surface area (Å²) in [7, 11) is 0. The topological polar surface area (TPSA) is 143 Å². The highest BCUT2D eigenvalue weighted by molar-refractivity contribution is 8.00. The van der Waals surface area contributed by atoms with Crippen molar-refractivity contribution in [3.63, 3.8) is 0 Å². The standard InChI is InChI=1S/C34H26FN5O5S2/c1-21(31(41)39-34-38-30(20-46-34)24-12-7-14-26(17-24)40(44)45)47-27-15-8-13-25(19-27)36-33(43)29(18-23-11-5-6-16-28(23)35)37-32(42)22-9-3-2-4-10-22/h2-21H,1H3,(H,36,43)(H,37,42)(H,38,39,41)/b29-18-. The molecule has 4 aromatic carbocycles. The van der Waals surface area contributed by atoms with E-state index < -0.39 is 27.8 Å². The fraction of sp³-hybridized carbons (Fsp3) is 0.0588. The van der Waals surface area contributed by atoms with Crippen molar-refractivity contribution in [2.45, 2.75) is 17.1 Å². The molecular formula is C34H26FN5O5S2. The molecule has 0 saturated carbocycles. The summed E-state index contributed by atoms with van der Waals surface area (Å²) in [5.74, 6) is -2.09. The molecule has 0 bridgehead atoms. The van der Waals surface area contributed by atoms with Crippen LogP contribution in [0.15, 0.2) is 119 Å². The summed E-state index contributed by atoms with van der Waals surface area (Å²) in [6.45, 7) is 1.72. The van der Waals surface area contributed by atoms with Crippen LogP contribution < -0.4 is 16.0 Å². The summed E-state index contributed by atoms with van der Waals surface area (Å²) in [6.07, 6.45) is 1.26. The maximum Gasteiger partial charge on any atom is 0.272 e. The van der Waals surface area contributed by atoms with E-state index >= 15 is 0 Å². The van der Waals surface area contributed by atoms with Gasteiger partial charge in [0, 0.05) is 44.8 Å². The van der Waals surface area contributed by atoms with E-state index in [0.717, 1.165) is 0 Å². The minimum atomic E-state index is -0.672. The molecule has 5 aromatic rings. The van der Waals surface area contributed by atoms with Crippen molar-refractivity contribution >= 4 is 63.4 Å². The van der Waals surface area contributed by atoms with Crippen LogP contribution in [-0.2, 0) is 9.59 Å². The second kappa shape index (κ2) is 15.1. The maximum atomic E-state index is 14.4. The number of carbonyl (C=O) groups excluding carboxylic acids is 3. The summed E-state index contributed by atoms with van der Waals surface area (Å²) in [5.41, 5.74) is 1.67. The molecule has 0 radical (unpaired) electrons. The van der Waals surface area contributed by atoms with Crippen molar-refractivity contribution in [3.8, 4) is 11.3 Å². The predicted octanol–water partition coefficient (Wildman–Crippen LogP) is 7.39. The molecule has 0 saturated heterocycles. The zero-order chi connectivity index (χ0) is 33.3. The third-order valence-electron chi connectivity index (χ3n) is 6.59. The lowest BCUT2D eigenvalue weighted by Gasteiger charge is -2.14. The van der Waals surface area contributed by atoms with Gasteiger partial charge in [-0.15, -0.1) is 23.1 Å². The van der Waals surface area contributed by atoms with Crippen LogP contribution in [-0.4, -0.2) is 32.9 Å². The Balaban J connectivity index is 1.25. The molecule has 0 aliphatic heterocycles. The third kappa shape index (κ3) is 8.75. The van der Waals surface area contributed by atoms with Crippen LogP contribution in [0.25, 0.3) is 17.3 Å². The first-order valence-corrected chi connectivity index (χ1v) is 15.8. The number of nitrogens with zero attached hydrogens (tertiary/aromatic N) is 2. The number of nitro groups is 1. The zero-order valence-corrected chi connectivity index (χ0v) is 26.3. The second-order valence-corrected chi connectivity index (χ2v) is 12.2. The molecular weight excluding hydrogens is 642 g/mol. The summed E-state index contributed by atoms with van der Waals surface area (Å²) in [5, 5.41) is 20.7. The van der Waals surface area contributed by atoms with Gasteiger partial charge in [-0.2, -0.15) is 0 Å². The Morgan fingerprint density at radius 1 is 0.936 bits per heavy atom. The van der Waals surface area contributed by atoms with Crippen molar-refractivity contribution in [2.75, 3.05) is 10.6 Å². The Kier molecular flexibility index (Phi) is 10.5. The average molecular weight is 668 g/mol. The number of hydrogen-bond acceptors (Lipinski definition) is 8. The lowest BCUT2D eigenvalue weighted by atomic mass is 10.1. The number of anilines is 2. The van der Waals surface area contributed by atoms with Crippen molar-refractivity contribution < 1.29 is 23.7 Å². The quantitative estimate of drug-likeness (QED) is 0.0577. The van der Waals surface area contributed by atoms with Crippen molar-refractivity contribution in [2.24, 2.45) is 0 Å². The molecule has 5 rings (SSSR count). The van der Waals surface area contributed by atoms with E-state index in [1.165, 1.54) is 59.5 Å². The van der Waals surface area contributed by atoms with Gasteiger partial charge in [-0.05, 0) is 49.4 Å². The number of amides is 3. The van der Waals surface area contributed by atoms with E-state index in [4.69, 9.17) is 0 Å². The summed E-state index contributed by atoms with van der Waals surface area (Å²) in [4.78, 5) is 54.9. The Morgan fingerprint density at radius 2 is 1.68 bits per heavy atom. The third-order valence-corrected chi connectivity index (χ3v) is 8.45. The first-order chi connectivity index (χ1) is 22.7. The second-order valence-electron chi connectivity index (χ2n) is 9.98. The molecule has 3 N–H and O–H groups in total. The highest BCUT2D eigenvalue weighted by Gasteiger charge is 2.19. The number of nitrogens with one attached hydrogen (secondary N) is 3. The summed E-state index contributed by atoms with van der Waals surface area (Å²) >= 11 is 2.44. The largest absolute Gasteiger partial charge is 0.321 e. The fourth-order valence-corrected chi connectivity index (χ4v) is 5.89. The van der Waals surface area contributed by atoms with Gasteiger partial charge in [0.15, 0.2) is 5.13 Å². The Labute approximate surface area is 276 Å². The number of nitro benzene ring substituents is 1. The van der Waals surface area contributed by atoms with Gasteiger partial charge >= 0.3 is 0 Å². The lowest BCUT2D eigenvalue weighted by Crippen LogP contribution is -2.30. The van der Waals surface area contributed by atoms with Gasteiger partial charge in [0.1, 0.15) is 11.5 Å². The van der Waals surface area contributed by atoms with Crippen LogP contribution in [0.5, 0.6) is 0 Å². The van der Waals surface area contributed by atoms with E-state index in [-0.39, 0.29) is 22.9 Å². The Bertz CT molecular complexity index is 1980. The number of non-ortho nitro benzene ring substituents is 1. The smallest absolute Gasteiger partial charge is 0.272 e. The normalized spacial score (nSPS) is 11.7. The predicted molar refractivity (Wildman–Crippen MR) is 182 cm³/mol. The van der Waals surface area contributed by atoms with E-state index in [9.17, 15) is 28.9 Å². The Morgan fingerprint density at radius 3 is 2.45 bits per heavy atom. The number of carbonyl (C=O) groups is 3. The number of halogens is 1. The van der Waals surface area contributed by atoms with Gasteiger partial charge in [0.25, 0.3) is 17.5 Å². The highest BCUT2D eigenvalue weighted by atomic mass is 32.2. The number of thiazole rings is 1. The number of thioether (sulfide) groups is 1. The molecule has 0 spiro atoms. The van der Waals surface area contributed by atoms with Crippen LogP contribution in [0, 0.1) is 15.9 Å². The van der Waals surface area contributed by atoms with Gasteiger partial charge in [-0.25, -0.2) is 9.37 Å². The monoisotopic (exact) mass is 667 g/mol. The molecule has 1 atom stereocenters. The van der Waals surface area contributed by atoms with Crippen LogP contribution in [0.2, 0.25) is 0 Å².